The summed E-state index contributed by atoms with van der Waals surface area (Å²) in [4.78, 5) is 9.87. The molecule has 0 N–H and O–H groups in total. The molecule has 1 aromatic rings. The highest BCUT2D eigenvalue weighted by Crippen LogP contribution is 2.29. The lowest BCUT2D eigenvalue weighted by atomic mass is 10.3. The standard InChI is InChI=1S/C9H12F3N3O3/c1-5(2)18-9-7(15(16)17)4-14(13-9)6(3-10)8(11)12/h4-6,8H,3H2,1-2H3. The maximum absolute atomic E-state index is 12.5. The van der Waals surface area contributed by atoms with Crippen molar-refractivity contribution in [1.82, 2.24) is 9.78 Å². The number of halogens is 3. The Bertz CT molecular complexity index is 422. The zero-order valence-electron chi connectivity index (χ0n) is 9.72. The first-order valence-corrected chi connectivity index (χ1v) is 5.11. The lowest BCUT2D eigenvalue weighted by Gasteiger charge is -2.11. The van der Waals surface area contributed by atoms with Crippen LogP contribution in [0.3, 0.4) is 0 Å². The van der Waals surface area contributed by atoms with Crippen LogP contribution < -0.4 is 4.74 Å². The molecule has 0 saturated carbocycles. The number of aromatic nitrogens is 2. The largest absolute Gasteiger partial charge is 0.469 e. The summed E-state index contributed by atoms with van der Waals surface area (Å²) in [5.74, 6) is -0.394. The molecular formula is C9H12F3N3O3. The summed E-state index contributed by atoms with van der Waals surface area (Å²) < 4.78 is 43.0. The molecule has 1 unspecified atom stereocenters. The van der Waals surface area contributed by atoms with E-state index in [4.69, 9.17) is 4.74 Å². The smallest absolute Gasteiger partial charge is 0.350 e. The fourth-order valence-corrected chi connectivity index (χ4v) is 1.22. The number of nitro groups is 1. The van der Waals surface area contributed by atoms with Gasteiger partial charge in [0.25, 0.3) is 6.43 Å². The molecule has 0 saturated heterocycles. The van der Waals surface area contributed by atoms with Crippen LogP contribution in [0.4, 0.5) is 18.9 Å². The number of rotatable bonds is 6. The van der Waals surface area contributed by atoms with Gasteiger partial charge in [0.2, 0.25) is 0 Å². The maximum atomic E-state index is 12.5. The molecule has 0 aliphatic rings. The summed E-state index contributed by atoms with van der Waals surface area (Å²) in [6, 6.07) is -1.85. The predicted octanol–water partition coefficient (Wildman–Crippen LogP) is 2.35. The summed E-state index contributed by atoms with van der Waals surface area (Å²) in [5.41, 5.74) is -0.567. The molecule has 0 spiro atoms. The first-order chi connectivity index (χ1) is 8.36. The quantitative estimate of drug-likeness (QED) is 0.586. The Kier molecular flexibility index (Phi) is 4.51. The second-order valence-electron chi connectivity index (χ2n) is 3.78. The fraction of sp³-hybridized carbons (Fsp3) is 0.667. The van der Waals surface area contributed by atoms with E-state index < -0.39 is 41.7 Å². The van der Waals surface area contributed by atoms with Gasteiger partial charge in [-0.25, -0.2) is 13.2 Å². The molecule has 1 atom stereocenters. The molecule has 6 nitrogen and oxygen atoms in total. The van der Waals surface area contributed by atoms with Gasteiger partial charge in [0, 0.05) is 0 Å². The van der Waals surface area contributed by atoms with Crippen LogP contribution in [-0.4, -0.2) is 33.9 Å². The molecule has 18 heavy (non-hydrogen) atoms. The molecule has 1 rings (SSSR count). The van der Waals surface area contributed by atoms with Crippen LogP contribution in [0.2, 0.25) is 0 Å². The van der Waals surface area contributed by atoms with Crippen LogP contribution in [0.1, 0.15) is 19.9 Å². The molecule has 0 fully saturated rings. The van der Waals surface area contributed by atoms with Gasteiger partial charge in [0.05, 0.1) is 11.0 Å². The van der Waals surface area contributed by atoms with Crippen LogP contribution >= 0.6 is 0 Å². The second-order valence-corrected chi connectivity index (χ2v) is 3.78. The third kappa shape index (κ3) is 3.11. The highest BCUT2D eigenvalue weighted by atomic mass is 19.3. The van der Waals surface area contributed by atoms with Crippen molar-refractivity contribution in [2.75, 3.05) is 6.67 Å². The van der Waals surface area contributed by atoms with Gasteiger partial charge in [-0.1, -0.05) is 0 Å². The number of ether oxygens (including phenoxy) is 1. The first kappa shape index (κ1) is 14.3. The van der Waals surface area contributed by atoms with Gasteiger partial charge >= 0.3 is 11.6 Å². The number of hydrogen-bond donors (Lipinski definition) is 0. The third-order valence-electron chi connectivity index (χ3n) is 2.01. The van der Waals surface area contributed by atoms with E-state index in [0.29, 0.717) is 4.68 Å². The topological polar surface area (TPSA) is 70.2 Å². The van der Waals surface area contributed by atoms with E-state index in [1.165, 1.54) is 0 Å². The SMILES string of the molecule is CC(C)Oc1nn(C(CF)C(F)F)cc1[N+](=O)[O-]. The number of hydrogen-bond acceptors (Lipinski definition) is 4. The van der Waals surface area contributed by atoms with E-state index in [-0.39, 0.29) is 0 Å². The summed E-state index contributed by atoms with van der Waals surface area (Å²) in [5, 5.41) is 14.2. The lowest BCUT2D eigenvalue weighted by Crippen LogP contribution is -2.20. The Hall–Kier alpha value is -1.80. The van der Waals surface area contributed by atoms with Crippen LogP contribution in [0.25, 0.3) is 0 Å². The molecule has 1 heterocycles. The Morgan fingerprint density at radius 1 is 1.56 bits per heavy atom. The minimum atomic E-state index is -3.01. The molecule has 0 bridgehead atoms. The van der Waals surface area contributed by atoms with Crippen molar-refractivity contribution in [3.8, 4) is 5.88 Å². The normalized spacial score (nSPS) is 13.1. The summed E-state index contributed by atoms with van der Waals surface area (Å²) in [7, 11) is 0. The number of alkyl halides is 3. The molecule has 102 valence electrons. The minimum Gasteiger partial charge on any atom is -0.469 e. The molecule has 0 aliphatic heterocycles. The van der Waals surface area contributed by atoms with Crippen LogP contribution in [0, 0.1) is 10.1 Å². The van der Waals surface area contributed by atoms with Crippen LogP contribution in [-0.2, 0) is 0 Å². The van der Waals surface area contributed by atoms with E-state index >= 15 is 0 Å². The van der Waals surface area contributed by atoms with Crippen molar-refractivity contribution in [3.05, 3.63) is 16.3 Å². The highest BCUT2D eigenvalue weighted by Gasteiger charge is 2.29. The molecule has 0 amide bonds. The van der Waals surface area contributed by atoms with Gasteiger partial charge in [0.15, 0.2) is 0 Å². The van der Waals surface area contributed by atoms with Crippen molar-refractivity contribution < 1.29 is 22.8 Å². The Morgan fingerprint density at radius 2 is 2.17 bits per heavy atom. The average Bonchev–Trinajstić information content (AvgIpc) is 2.61. The fourth-order valence-electron chi connectivity index (χ4n) is 1.22. The predicted molar refractivity (Wildman–Crippen MR) is 55.7 cm³/mol. The molecule has 0 aliphatic carbocycles. The molecule has 9 heteroatoms. The van der Waals surface area contributed by atoms with Crippen molar-refractivity contribution in [2.24, 2.45) is 0 Å². The molecular weight excluding hydrogens is 255 g/mol. The van der Waals surface area contributed by atoms with E-state index in [9.17, 15) is 23.3 Å². The maximum Gasteiger partial charge on any atom is 0.350 e. The summed E-state index contributed by atoms with van der Waals surface area (Å²) >= 11 is 0. The molecule has 0 aromatic carbocycles. The van der Waals surface area contributed by atoms with Crippen LogP contribution in [0.5, 0.6) is 5.88 Å². The van der Waals surface area contributed by atoms with Gasteiger partial charge in [-0.2, -0.15) is 0 Å². The van der Waals surface area contributed by atoms with E-state index in [1.807, 2.05) is 0 Å². The lowest BCUT2D eigenvalue weighted by molar-refractivity contribution is -0.386. The average molecular weight is 267 g/mol. The Labute approximate surface area is 100 Å². The van der Waals surface area contributed by atoms with Crippen LogP contribution in [0.15, 0.2) is 6.20 Å². The van der Waals surface area contributed by atoms with Gasteiger partial charge < -0.3 is 4.74 Å². The van der Waals surface area contributed by atoms with E-state index in [0.717, 1.165) is 6.20 Å². The van der Waals surface area contributed by atoms with Crippen molar-refractivity contribution >= 4 is 5.69 Å². The summed E-state index contributed by atoms with van der Waals surface area (Å²) in [6.45, 7) is 1.82. The molecule has 1 aromatic heterocycles. The minimum absolute atomic E-state index is 0.394. The van der Waals surface area contributed by atoms with Gasteiger partial charge in [-0.05, 0) is 13.8 Å². The summed E-state index contributed by atoms with van der Waals surface area (Å²) in [6.07, 6.45) is -2.68. The monoisotopic (exact) mass is 267 g/mol. The Morgan fingerprint density at radius 3 is 2.56 bits per heavy atom. The van der Waals surface area contributed by atoms with Gasteiger partial charge in [-0.15, -0.1) is 5.10 Å². The Balaban J connectivity index is 3.12. The zero-order valence-corrected chi connectivity index (χ0v) is 9.72. The third-order valence-corrected chi connectivity index (χ3v) is 2.01. The van der Waals surface area contributed by atoms with Crippen molar-refractivity contribution in [1.29, 1.82) is 0 Å². The van der Waals surface area contributed by atoms with Crippen molar-refractivity contribution in [3.63, 3.8) is 0 Å². The zero-order chi connectivity index (χ0) is 13.9. The number of nitrogens with zero attached hydrogens (tertiary/aromatic N) is 3. The van der Waals surface area contributed by atoms with E-state index in [2.05, 4.69) is 5.10 Å². The first-order valence-electron chi connectivity index (χ1n) is 5.11. The second kappa shape index (κ2) is 5.69. The van der Waals surface area contributed by atoms with E-state index in [1.54, 1.807) is 13.8 Å². The molecule has 0 radical (unpaired) electrons. The van der Waals surface area contributed by atoms with Crippen molar-refractivity contribution in [2.45, 2.75) is 32.4 Å². The van der Waals surface area contributed by atoms with Gasteiger partial charge in [-0.3, -0.25) is 14.8 Å². The highest BCUT2D eigenvalue weighted by molar-refractivity contribution is 5.38. The van der Waals surface area contributed by atoms with Gasteiger partial charge in [0.1, 0.15) is 18.9 Å².